The van der Waals surface area contributed by atoms with Crippen LogP contribution in [-0.4, -0.2) is 128 Å². The molecule has 0 rings (SSSR count). The van der Waals surface area contributed by atoms with Gasteiger partial charge in [0.2, 0.25) is 17.7 Å². The number of amides is 3. The highest BCUT2D eigenvalue weighted by molar-refractivity contribution is 5.77. The Kier molecular flexibility index (Phi) is 24.3. The van der Waals surface area contributed by atoms with E-state index >= 15 is 0 Å². The Hall–Kier alpha value is -2.80. The van der Waals surface area contributed by atoms with E-state index in [1.807, 2.05) is 0 Å². The summed E-state index contributed by atoms with van der Waals surface area (Å²) in [6.07, 6.45) is 5.78. The molecule has 0 saturated carbocycles. The molecular formula is C23H39N3O11. The third kappa shape index (κ3) is 27.6. The zero-order valence-electron chi connectivity index (χ0n) is 21.1. The van der Waals surface area contributed by atoms with Gasteiger partial charge < -0.3 is 49.5 Å². The summed E-state index contributed by atoms with van der Waals surface area (Å²) in [4.78, 5) is 44.8. The molecule has 0 aliphatic rings. The van der Waals surface area contributed by atoms with Crippen molar-refractivity contribution in [3.05, 3.63) is 0 Å². The third-order valence-electron chi connectivity index (χ3n) is 4.01. The Balaban J connectivity index is 3.32. The van der Waals surface area contributed by atoms with E-state index in [-0.39, 0.29) is 83.8 Å². The molecule has 0 fully saturated rings. The largest absolute Gasteiger partial charge is 0.480 e. The van der Waals surface area contributed by atoms with Gasteiger partial charge in [0.15, 0.2) is 0 Å². The summed E-state index contributed by atoms with van der Waals surface area (Å²) in [5, 5.41) is 16.3. The van der Waals surface area contributed by atoms with Crippen LogP contribution in [0.25, 0.3) is 0 Å². The van der Waals surface area contributed by atoms with Gasteiger partial charge in [-0.05, 0) is 0 Å². The molecule has 0 aromatic heterocycles. The van der Waals surface area contributed by atoms with E-state index in [0.717, 1.165) is 0 Å². The van der Waals surface area contributed by atoms with E-state index < -0.39 is 5.97 Å². The van der Waals surface area contributed by atoms with E-state index in [0.29, 0.717) is 45.7 Å². The molecule has 14 nitrogen and oxygen atoms in total. The Morgan fingerprint density at radius 3 is 1.35 bits per heavy atom. The molecule has 0 spiro atoms. The van der Waals surface area contributed by atoms with Crippen LogP contribution in [0.1, 0.15) is 12.8 Å². The number of aliphatic carboxylic acids is 1. The quantitative estimate of drug-likeness (QED) is 0.0709. The first-order valence-corrected chi connectivity index (χ1v) is 11.9. The molecule has 14 heteroatoms. The number of carboxylic acids is 1. The Bertz CT molecular complexity index is 671. The smallest absolute Gasteiger partial charge is 0.329 e. The van der Waals surface area contributed by atoms with E-state index in [1.54, 1.807) is 0 Å². The van der Waals surface area contributed by atoms with E-state index in [4.69, 9.17) is 40.0 Å². The molecule has 0 atom stereocenters. The zero-order chi connectivity index (χ0) is 27.4. The molecule has 0 aromatic carbocycles. The van der Waals surface area contributed by atoms with Crippen molar-refractivity contribution in [3.63, 3.8) is 0 Å². The van der Waals surface area contributed by atoms with Gasteiger partial charge in [-0.25, -0.2) is 4.79 Å². The predicted molar refractivity (Wildman–Crippen MR) is 130 cm³/mol. The van der Waals surface area contributed by atoms with Crippen molar-refractivity contribution in [2.45, 2.75) is 12.8 Å². The monoisotopic (exact) mass is 533 g/mol. The lowest BCUT2D eigenvalue weighted by atomic mass is 10.3. The SMILES string of the molecule is C#CCCC(=O)NCCOCCOCC(=O)NCCOCCOCC(=O)NCCOCCOCC(=O)O. The number of carbonyl (C=O) groups is 4. The molecule has 212 valence electrons. The molecule has 0 aliphatic heterocycles. The Labute approximate surface area is 217 Å². The third-order valence-corrected chi connectivity index (χ3v) is 4.01. The summed E-state index contributed by atoms with van der Waals surface area (Å²) in [6, 6.07) is 0. The van der Waals surface area contributed by atoms with E-state index in [2.05, 4.69) is 21.9 Å². The second-order valence-corrected chi connectivity index (χ2v) is 7.14. The van der Waals surface area contributed by atoms with Crippen molar-refractivity contribution in [3.8, 4) is 12.3 Å². The van der Waals surface area contributed by atoms with Crippen LogP contribution in [0, 0.1) is 12.3 Å². The molecular weight excluding hydrogens is 494 g/mol. The summed E-state index contributed by atoms with van der Waals surface area (Å²) in [5.41, 5.74) is 0. The Morgan fingerprint density at radius 2 is 0.946 bits per heavy atom. The maximum atomic E-state index is 11.6. The van der Waals surface area contributed by atoms with Gasteiger partial charge in [0, 0.05) is 32.5 Å². The fourth-order valence-corrected chi connectivity index (χ4v) is 2.31. The number of nitrogens with one attached hydrogen (secondary N) is 3. The molecule has 0 heterocycles. The number of carbonyl (C=O) groups excluding carboxylic acids is 3. The zero-order valence-corrected chi connectivity index (χ0v) is 21.1. The maximum absolute atomic E-state index is 11.6. The van der Waals surface area contributed by atoms with Crippen molar-refractivity contribution < 1.29 is 52.7 Å². The number of terminal acetylenes is 1. The molecule has 3 amide bonds. The van der Waals surface area contributed by atoms with Crippen LogP contribution in [-0.2, 0) is 47.6 Å². The first kappa shape index (κ1) is 34.2. The minimum atomic E-state index is -1.04. The van der Waals surface area contributed by atoms with Gasteiger partial charge in [-0.3, -0.25) is 14.4 Å². The number of ether oxygens (including phenoxy) is 6. The van der Waals surface area contributed by atoms with Crippen molar-refractivity contribution in [1.29, 1.82) is 0 Å². The molecule has 37 heavy (non-hydrogen) atoms. The summed E-state index contributed by atoms with van der Waals surface area (Å²) >= 11 is 0. The van der Waals surface area contributed by atoms with Gasteiger partial charge in [0.05, 0.1) is 59.5 Å². The average Bonchev–Trinajstić information content (AvgIpc) is 2.87. The lowest BCUT2D eigenvalue weighted by Gasteiger charge is -2.09. The first-order valence-electron chi connectivity index (χ1n) is 11.9. The number of hydrogen-bond donors (Lipinski definition) is 4. The van der Waals surface area contributed by atoms with Gasteiger partial charge in [-0.2, -0.15) is 0 Å². The van der Waals surface area contributed by atoms with Crippen molar-refractivity contribution in [2.75, 3.05) is 98.9 Å². The highest BCUT2D eigenvalue weighted by Gasteiger charge is 2.03. The fourth-order valence-electron chi connectivity index (χ4n) is 2.31. The van der Waals surface area contributed by atoms with Crippen LogP contribution < -0.4 is 16.0 Å². The number of carboxylic acid groups (broad SMARTS) is 1. The number of rotatable bonds is 26. The van der Waals surface area contributed by atoms with Crippen LogP contribution in [0.5, 0.6) is 0 Å². The molecule has 0 bridgehead atoms. The molecule has 0 saturated heterocycles. The van der Waals surface area contributed by atoms with Crippen LogP contribution >= 0.6 is 0 Å². The topological polar surface area (TPSA) is 180 Å². The minimum absolute atomic E-state index is 0.103. The maximum Gasteiger partial charge on any atom is 0.329 e. The van der Waals surface area contributed by atoms with Crippen LogP contribution in [0.2, 0.25) is 0 Å². The van der Waals surface area contributed by atoms with E-state index in [9.17, 15) is 19.2 Å². The van der Waals surface area contributed by atoms with Crippen molar-refractivity contribution in [2.24, 2.45) is 0 Å². The van der Waals surface area contributed by atoms with Crippen LogP contribution in [0.3, 0.4) is 0 Å². The van der Waals surface area contributed by atoms with Gasteiger partial charge in [0.25, 0.3) is 0 Å². The summed E-state index contributed by atoms with van der Waals surface area (Å²) in [7, 11) is 0. The molecule has 0 unspecified atom stereocenters. The molecule has 0 aromatic rings. The first-order chi connectivity index (χ1) is 18.0. The summed E-state index contributed by atoms with van der Waals surface area (Å²) in [6.45, 7) is 2.70. The highest BCUT2D eigenvalue weighted by Crippen LogP contribution is 1.86. The highest BCUT2D eigenvalue weighted by atomic mass is 16.5. The van der Waals surface area contributed by atoms with E-state index in [1.165, 1.54) is 0 Å². The van der Waals surface area contributed by atoms with Crippen LogP contribution in [0.4, 0.5) is 0 Å². The second-order valence-electron chi connectivity index (χ2n) is 7.14. The normalized spacial score (nSPS) is 10.5. The standard InChI is InChI=1S/C23H39N3O11/c1-2-3-4-20(27)24-5-8-32-11-14-35-17-21(28)25-6-9-33-12-15-36-18-22(29)26-7-10-34-13-16-37-19-23(30)31/h1H,3-19H2,(H,24,27)(H,25,28)(H,26,29)(H,30,31). The Morgan fingerprint density at radius 1 is 0.568 bits per heavy atom. The van der Waals surface area contributed by atoms with Gasteiger partial charge in [-0.1, -0.05) is 0 Å². The summed E-state index contributed by atoms with van der Waals surface area (Å²) < 4.78 is 30.9. The van der Waals surface area contributed by atoms with Crippen molar-refractivity contribution >= 4 is 23.7 Å². The molecule has 0 radical (unpaired) electrons. The van der Waals surface area contributed by atoms with Gasteiger partial charge >= 0.3 is 5.97 Å². The molecule has 0 aliphatic carbocycles. The van der Waals surface area contributed by atoms with Gasteiger partial charge in [-0.15, -0.1) is 12.3 Å². The predicted octanol–water partition coefficient (Wildman–Crippen LogP) is -2.07. The van der Waals surface area contributed by atoms with Gasteiger partial charge in [0.1, 0.15) is 19.8 Å². The van der Waals surface area contributed by atoms with Crippen LogP contribution in [0.15, 0.2) is 0 Å². The molecule has 4 N–H and O–H groups in total. The summed E-state index contributed by atoms with van der Waals surface area (Å²) in [5.74, 6) is 0.652. The van der Waals surface area contributed by atoms with Crippen molar-refractivity contribution in [1.82, 2.24) is 16.0 Å². The minimum Gasteiger partial charge on any atom is -0.480 e. The average molecular weight is 534 g/mol. The second kappa shape index (κ2) is 26.3. The fraction of sp³-hybridized carbons (Fsp3) is 0.739. The lowest BCUT2D eigenvalue weighted by Crippen LogP contribution is -2.32. The number of hydrogen-bond acceptors (Lipinski definition) is 10. The lowest BCUT2D eigenvalue weighted by molar-refractivity contribution is -0.142.